The van der Waals surface area contributed by atoms with E-state index in [4.69, 9.17) is 27.6 Å². The van der Waals surface area contributed by atoms with Crippen LogP contribution in [0.5, 0.6) is 0 Å². The van der Waals surface area contributed by atoms with Crippen LogP contribution in [0, 0.1) is 0 Å². The molecule has 5 heteroatoms. The molecule has 0 saturated carbocycles. The maximum atomic E-state index is 9.93. The number of aliphatic hydroxyl groups is 1. The molecule has 1 atom stereocenters. The molecule has 0 spiro atoms. The van der Waals surface area contributed by atoms with Crippen LogP contribution >= 0.6 is 23.2 Å². The van der Waals surface area contributed by atoms with E-state index in [2.05, 4.69) is 0 Å². The molecular formula is C13H20Cl2O2Si. The highest BCUT2D eigenvalue weighted by Crippen LogP contribution is 2.37. The molecule has 0 aromatic heterocycles. The van der Waals surface area contributed by atoms with E-state index >= 15 is 0 Å². The summed E-state index contributed by atoms with van der Waals surface area (Å²) < 4.78 is 5.45. The highest BCUT2D eigenvalue weighted by atomic mass is 35.5. The average molecular weight is 307 g/mol. The second-order valence-electron chi connectivity index (χ2n) is 5.65. The van der Waals surface area contributed by atoms with Crippen molar-refractivity contribution in [1.29, 1.82) is 0 Å². The number of halogens is 2. The fourth-order valence-corrected chi connectivity index (χ4v) is 3.53. The first-order valence-electron chi connectivity index (χ1n) is 5.96. The fourth-order valence-electron chi connectivity index (χ4n) is 1.79. The Morgan fingerprint density at radius 2 is 1.61 bits per heavy atom. The van der Waals surface area contributed by atoms with E-state index in [1.165, 1.54) is 0 Å². The third kappa shape index (κ3) is 3.97. The van der Waals surface area contributed by atoms with Crippen molar-refractivity contribution >= 4 is 32.2 Å². The summed E-state index contributed by atoms with van der Waals surface area (Å²) in [6.07, 6.45) is -0.944. The first kappa shape index (κ1) is 16.0. The Morgan fingerprint density at radius 3 is 1.94 bits per heavy atom. The van der Waals surface area contributed by atoms with Crippen LogP contribution in [0.15, 0.2) is 12.1 Å². The van der Waals surface area contributed by atoms with E-state index in [9.17, 15) is 5.11 Å². The molecule has 0 saturated heterocycles. The normalized spacial score (nSPS) is 14.1. The molecule has 0 aliphatic carbocycles. The van der Waals surface area contributed by atoms with E-state index in [0.29, 0.717) is 15.6 Å². The Kier molecular flexibility index (Phi) is 5.27. The smallest absolute Gasteiger partial charge is 0.174 e. The van der Waals surface area contributed by atoms with Gasteiger partial charge in [-0.2, -0.15) is 0 Å². The van der Waals surface area contributed by atoms with E-state index < -0.39 is 15.3 Å². The van der Waals surface area contributed by atoms with Crippen molar-refractivity contribution in [3.05, 3.63) is 33.3 Å². The average Bonchev–Trinajstić information content (AvgIpc) is 2.12. The molecule has 1 aromatic rings. The zero-order valence-corrected chi connectivity index (χ0v) is 14.1. The highest BCUT2D eigenvalue weighted by Gasteiger charge is 2.23. The Morgan fingerprint density at radius 1 is 1.17 bits per heavy atom. The summed E-state index contributed by atoms with van der Waals surface area (Å²) in [7, 11) is -1.31. The monoisotopic (exact) mass is 306 g/mol. The zero-order valence-electron chi connectivity index (χ0n) is 11.4. The summed E-state index contributed by atoms with van der Waals surface area (Å²) in [6.45, 7) is 10.1. The van der Waals surface area contributed by atoms with Gasteiger partial charge in [-0.1, -0.05) is 44.0 Å². The predicted molar refractivity (Wildman–Crippen MR) is 80.1 cm³/mol. The van der Waals surface area contributed by atoms with Crippen molar-refractivity contribution in [2.24, 2.45) is 0 Å². The maximum Gasteiger partial charge on any atom is 0.174 e. The van der Waals surface area contributed by atoms with Gasteiger partial charge in [0.05, 0.1) is 0 Å². The molecule has 1 aromatic carbocycles. The number of benzene rings is 1. The molecule has 0 fully saturated rings. The van der Waals surface area contributed by atoms with Crippen LogP contribution in [-0.2, 0) is 9.84 Å². The standard InChI is InChI=1S/C13H20Cl2O2Si/c1-13(2,3)11-9(14)6-8(7-10(11)15)12(16)17-18(4)5/h6-7,12,16,18H,1-5H3. The first-order valence-corrected chi connectivity index (χ1v) is 9.49. The number of hydrogen-bond donors (Lipinski definition) is 1. The lowest BCUT2D eigenvalue weighted by Crippen LogP contribution is -2.16. The van der Waals surface area contributed by atoms with Gasteiger partial charge in [-0.3, -0.25) is 0 Å². The van der Waals surface area contributed by atoms with Gasteiger partial charge in [-0.05, 0) is 36.2 Å². The Hall–Kier alpha value is -0.0631. The van der Waals surface area contributed by atoms with Gasteiger partial charge in [0.1, 0.15) is 0 Å². The van der Waals surface area contributed by atoms with E-state index in [1.807, 2.05) is 33.9 Å². The van der Waals surface area contributed by atoms with Crippen molar-refractivity contribution in [2.75, 3.05) is 0 Å². The molecule has 1 rings (SSSR count). The van der Waals surface area contributed by atoms with Crippen LogP contribution in [0.1, 0.15) is 38.2 Å². The third-order valence-electron chi connectivity index (χ3n) is 2.50. The van der Waals surface area contributed by atoms with Gasteiger partial charge >= 0.3 is 0 Å². The van der Waals surface area contributed by atoms with Gasteiger partial charge in [0.15, 0.2) is 15.3 Å². The Bertz CT molecular complexity index is 404. The van der Waals surface area contributed by atoms with Crippen LogP contribution in [0.25, 0.3) is 0 Å². The zero-order chi connectivity index (χ0) is 14.1. The molecule has 2 nitrogen and oxygen atoms in total. The third-order valence-corrected chi connectivity index (χ3v) is 3.90. The van der Waals surface area contributed by atoms with Gasteiger partial charge in [-0.25, -0.2) is 0 Å². The van der Waals surface area contributed by atoms with Crippen molar-refractivity contribution in [1.82, 2.24) is 0 Å². The molecule has 0 amide bonds. The topological polar surface area (TPSA) is 29.5 Å². The minimum absolute atomic E-state index is 0.134. The van der Waals surface area contributed by atoms with Gasteiger partial charge in [-0.15, -0.1) is 0 Å². The van der Waals surface area contributed by atoms with Crippen LogP contribution in [0.3, 0.4) is 0 Å². The largest absolute Gasteiger partial charge is 0.393 e. The molecule has 1 unspecified atom stereocenters. The minimum Gasteiger partial charge on any atom is -0.393 e. The number of aliphatic hydroxyl groups excluding tert-OH is 1. The van der Waals surface area contributed by atoms with Crippen LogP contribution in [-0.4, -0.2) is 14.1 Å². The highest BCUT2D eigenvalue weighted by molar-refractivity contribution is 6.48. The van der Waals surface area contributed by atoms with Crippen LogP contribution in [0.2, 0.25) is 23.1 Å². The summed E-state index contributed by atoms with van der Waals surface area (Å²) in [4.78, 5) is 0. The first-order chi connectivity index (χ1) is 8.12. The number of rotatable bonds is 3. The molecule has 102 valence electrons. The summed E-state index contributed by atoms with van der Waals surface area (Å²) in [5, 5.41) is 11.1. The van der Waals surface area contributed by atoms with Crippen molar-refractivity contribution in [3.8, 4) is 0 Å². The Labute approximate surface area is 121 Å². The summed E-state index contributed by atoms with van der Waals surface area (Å²) in [5.41, 5.74) is 1.37. The van der Waals surface area contributed by atoms with Crippen LogP contribution in [0.4, 0.5) is 0 Å². The van der Waals surface area contributed by atoms with E-state index in [0.717, 1.165) is 5.56 Å². The lowest BCUT2D eigenvalue weighted by Gasteiger charge is -2.24. The van der Waals surface area contributed by atoms with Crippen LogP contribution < -0.4 is 0 Å². The summed E-state index contributed by atoms with van der Waals surface area (Å²) >= 11 is 12.5. The molecule has 0 radical (unpaired) electrons. The summed E-state index contributed by atoms with van der Waals surface area (Å²) in [6, 6.07) is 3.46. The lowest BCUT2D eigenvalue weighted by molar-refractivity contribution is -0.0211. The second kappa shape index (κ2) is 5.93. The lowest BCUT2D eigenvalue weighted by atomic mass is 9.86. The molecule has 18 heavy (non-hydrogen) atoms. The molecule has 0 aliphatic heterocycles. The van der Waals surface area contributed by atoms with Crippen molar-refractivity contribution in [3.63, 3.8) is 0 Å². The Balaban J connectivity index is 3.15. The van der Waals surface area contributed by atoms with Gasteiger partial charge < -0.3 is 9.53 Å². The second-order valence-corrected chi connectivity index (χ2v) is 8.83. The van der Waals surface area contributed by atoms with Gasteiger partial charge in [0.25, 0.3) is 0 Å². The molecule has 0 aliphatic rings. The maximum absolute atomic E-state index is 9.93. The van der Waals surface area contributed by atoms with Gasteiger partial charge in [0, 0.05) is 15.6 Å². The number of hydrogen-bond acceptors (Lipinski definition) is 2. The fraction of sp³-hybridized carbons (Fsp3) is 0.538. The summed E-state index contributed by atoms with van der Waals surface area (Å²) in [5.74, 6) is 0. The molecule has 1 N–H and O–H groups in total. The minimum atomic E-state index is -1.31. The van der Waals surface area contributed by atoms with Gasteiger partial charge in [0.2, 0.25) is 0 Å². The quantitative estimate of drug-likeness (QED) is 0.667. The predicted octanol–water partition coefficient (Wildman–Crippen LogP) is 4.28. The molecule has 0 bridgehead atoms. The van der Waals surface area contributed by atoms with Crippen molar-refractivity contribution < 1.29 is 9.53 Å². The molecular weight excluding hydrogens is 287 g/mol. The van der Waals surface area contributed by atoms with E-state index in [-0.39, 0.29) is 5.41 Å². The van der Waals surface area contributed by atoms with Crippen molar-refractivity contribution in [2.45, 2.75) is 45.6 Å². The van der Waals surface area contributed by atoms with E-state index in [1.54, 1.807) is 12.1 Å². The molecule has 0 heterocycles. The SMILES string of the molecule is C[SiH](C)OC(O)c1cc(Cl)c(C(C)(C)C)c(Cl)c1.